The summed E-state index contributed by atoms with van der Waals surface area (Å²) in [5.41, 5.74) is 2.74. The summed E-state index contributed by atoms with van der Waals surface area (Å²) in [4.78, 5) is 0. The first kappa shape index (κ1) is 15.6. The van der Waals surface area contributed by atoms with Gasteiger partial charge in [0, 0.05) is 11.6 Å². The van der Waals surface area contributed by atoms with E-state index in [9.17, 15) is 8.78 Å². The Morgan fingerprint density at radius 2 is 1.67 bits per heavy atom. The molecule has 21 heavy (non-hydrogen) atoms. The Balaban J connectivity index is 2.21. The van der Waals surface area contributed by atoms with E-state index in [4.69, 9.17) is 0 Å². The first-order valence-electron chi connectivity index (χ1n) is 7.23. The lowest BCUT2D eigenvalue weighted by Crippen LogP contribution is -2.20. The van der Waals surface area contributed by atoms with E-state index in [2.05, 4.69) is 43.4 Å². The maximum Gasteiger partial charge on any atom is 0.163 e. The fourth-order valence-electron chi connectivity index (χ4n) is 2.43. The smallest absolute Gasteiger partial charge is 0.163 e. The third kappa shape index (κ3) is 3.67. The van der Waals surface area contributed by atoms with Crippen LogP contribution in [0.25, 0.3) is 0 Å². The minimum absolute atomic E-state index is 0.245. The van der Waals surface area contributed by atoms with Gasteiger partial charge in [-0.15, -0.1) is 0 Å². The van der Waals surface area contributed by atoms with Crippen molar-refractivity contribution >= 4 is 0 Å². The predicted molar refractivity (Wildman–Crippen MR) is 82.4 cm³/mol. The molecule has 0 aliphatic heterocycles. The summed E-state index contributed by atoms with van der Waals surface area (Å²) in [5, 5.41) is 3.07. The second-order valence-corrected chi connectivity index (χ2v) is 5.58. The largest absolute Gasteiger partial charge is 0.313 e. The lowest BCUT2D eigenvalue weighted by Gasteiger charge is -2.18. The van der Waals surface area contributed by atoms with Crippen LogP contribution in [0.5, 0.6) is 0 Å². The van der Waals surface area contributed by atoms with E-state index in [-0.39, 0.29) is 6.04 Å². The molecule has 0 heterocycles. The molecule has 2 aromatic carbocycles. The number of rotatable bonds is 5. The molecule has 1 atom stereocenters. The number of halogens is 2. The Morgan fingerprint density at radius 3 is 2.24 bits per heavy atom. The molecular formula is C18H21F2N. The van der Waals surface area contributed by atoms with Crippen LogP contribution in [0.2, 0.25) is 0 Å². The fraction of sp³-hybridized carbons (Fsp3) is 0.333. The normalized spacial score (nSPS) is 12.7. The van der Waals surface area contributed by atoms with Gasteiger partial charge in [0.25, 0.3) is 0 Å². The standard InChI is InChI=1S/C18H21F2N/c1-12(2)14-9-7-13(8-10-14)11-17(21-3)15-5-4-6-16(19)18(15)20/h4-10,12,17,21H,11H2,1-3H3. The Kier molecular flexibility index (Phi) is 5.07. The second-order valence-electron chi connectivity index (χ2n) is 5.58. The molecule has 2 rings (SSSR count). The molecule has 2 aromatic rings. The van der Waals surface area contributed by atoms with Crippen LogP contribution >= 0.6 is 0 Å². The maximum atomic E-state index is 13.9. The monoisotopic (exact) mass is 289 g/mol. The Bertz CT molecular complexity index is 591. The van der Waals surface area contributed by atoms with Crippen molar-refractivity contribution in [1.29, 1.82) is 0 Å². The first-order valence-corrected chi connectivity index (χ1v) is 7.23. The molecule has 0 saturated heterocycles. The van der Waals surface area contributed by atoms with Crippen LogP contribution in [-0.4, -0.2) is 7.05 Å². The molecule has 0 bridgehead atoms. The summed E-state index contributed by atoms with van der Waals surface area (Å²) in [6.07, 6.45) is 0.620. The highest BCUT2D eigenvalue weighted by Crippen LogP contribution is 2.23. The topological polar surface area (TPSA) is 12.0 Å². The first-order chi connectivity index (χ1) is 10.0. The highest BCUT2D eigenvalue weighted by molar-refractivity contribution is 5.28. The summed E-state index contributed by atoms with van der Waals surface area (Å²) in [7, 11) is 1.76. The van der Waals surface area contributed by atoms with E-state index in [0.717, 1.165) is 11.6 Å². The van der Waals surface area contributed by atoms with E-state index < -0.39 is 11.6 Å². The van der Waals surface area contributed by atoms with E-state index in [1.54, 1.807) is 19.2 Å². The zero-order valence-electron chi connectivity index (χ0n) is 12.7. The van der Waals surface area contributed by atoms with Crippen LogP contribution in [0.1, 0.15) is 42.5 Å². The van der Waals surface area contributed by atoms with E-state index in [0.29, 0.717) is 17.9 Å². The van der Waals surface area contributed by atoms with Gasteiger partial charge in [0.2, 0.25) is 0 Å². The highest BCUT2D eigenvalue weighted by atomic mass is 19.2. The number of hydrogen-bond donors (Lipinski definition) is 1. The Labute approximate surface area is 125 Å². The molecule has 0 spiro atoms. The van der Waals surface area contributed by atoms with Gasteiger partial charge in [0.05, 0.1) is 0 Å². The van der Waals surface area contributed by atoms with Crippen LogP contribution in [0.4, 0.5) is 8.78 Å². The van der Waals surface area contributed by atoms with Gasteiger partial charge >= 0.3 is 0 Å². The molecule has 1 nitrogen and oxygen atoms in total. The maximum absolute atomic E-state index is 13.9. The third-order valence-corrected chi connectivity index (χ3v) is 3.79. The molecule has 0 aromatic heterocycles. The molecule has 3 heteroatoms. The zero-order chi connectivity index (χ0) is 15.4. The molecule has 0 fully saturated rings. The van der Waals surface area contributed by atoms with Gasteiger partial charge in [-0.1, -0.05) is 50.2 Å². The third-order valence-electron chi connectivity index (χ3n) is 3.79. The summed E-state index contributed by atoms with van der Waals surface area (Å²) < 4.78 is 27.3. The van der Waals surface area contributed by atoms with Crippen molar-refractivity contribution in [3.05, 3.63) is 70.8 Å². The molecule has 0 amide bonds. The highest BCUT2D eigenvalue weighted by Gasteiger charge is 2.17. The Hall–Kier alpha value is -1.74. The van der Waals surface area contributed by atoms with E-state index in [1.807, 2.05) is 0 Å². The number of hydrogen-bond acceptors (Lipinski definition) is 1. The molecule has 0 aliphatic carbocycles. The van der Waals surface area contributed by atoms with Crippen molar-refractivity contribution in [2.24, 2.45) is 0 Å². The molecule has 0 saturated carbocycles. The van der Waals surface area contributed by atoms with Crippen LogP contribution < -0.4 is 5.32 Å². The quantitative estimate of drug-likeness (QED) is 0.848. The van der Waals surface area contributed by atoms with Crippen LogP contribution in [-0.2, 0) is 6.42 Å². The summed E-state index contributed by atoms with van der Waals surface area (Å²) >= 11 is 0. The lowest BCUT2D eigenvalue weighted by molar-refractivity contribution is 0.473. The Morgan fingerprint density at radius 1 is 1.00 bits per heavy atom. The molecule has 0 radical (unpaired) electrons. The SMILES string of the molecule is CNC(Cc1ccc(C(C)C)cc1)c1cccc(F)c1F. The van der Waals surface area contributed by atoms with Gasteiger partial charge < -0.3 is 5.32 Å². The molecule has 1 unspecified atom stereocenters. The average molecular weight is 289 g/mol. The van der Waals surface area contributed by atoms with Crippen LogP contribution in [0.3, 0.4) is 0 Å². The summed E-state index contributed by atoms with van der Waals surface area (Å²) in [5.74, 6) is -1.08. The van der Waals surface area contributed by atoms with Gasteiger partial charge in [-0.25, -0.2) is 8.78 Å². The summed E-state index contributed by atoms with van der Waals surface area (Å²) in [6.45, 7) is 4.29. The van der Waals surface area contributed by atoms with Crippen LogP contribution in [0.15, 0.2) is 42.5 Å². The molecular weight excluding hydrogens is 268 g/mol. The van der Waals surface area contributed by atoms with Gasteiger partial charge in [0.15, 0.2) is 11.6 Å². The predicted octanol–water partition coefficient (Wildman–Crippen LogP) is 4.59. The zero-order valence-corrected chi connectivity index (χ0v) is 12.7. The number of likely N-dealkylation sites (N-methyl/N-ethyl adjacent to an activating group) is 1. The van der Waals surface area contributed by atoms with Crippen molar-refractivity contribution in [3.8, 4) is 0 Å². The van der Waals surface area contributed by atoms with Gasteiger partial charge in [-0.05, 0) is 36.6 Å². The second kappa shape index (κ2) is 6.81. The molecule has 0 aliphatic rings. The minimum Gasteiger partial charge on any atom is -0.313 e. The molecule has 112 valence electrons. The van der Waals surface area contributed by atoms with E-state index >= 15 is 0 Å². The van der Waals surface area contributed by atoms with Gasteiger partial charge in [0.1, 0.15) is 0 Å². The van der Waals surface area contributed by atoms with Gasteiger partial charge in [-0.3, -0.25) is 0 Å². The van der Waals surface area contributed by atoms with E-state index in [1.165, 1.54) is 5.56 Å². The van der Waals surface area contributed by atoms with Crippen molar-refractivity contribution in [2.45, 2.75) is 32.2 Å². The number of benzene rings is 2. The van der Waals surface area contributed by atoms with Crippen molar-refractivity contribution in [1.82, 2.24) is 5.32 Å². The fourth-order valence-corrected chi connectivity index (χ4v) is 2.43. The number of nitrogens with one attached hydrogen (secondary N) is 1. The van der Waals surface area contributed by atoms with Crippen molar-refractivity contribution in [2.75, 3.05) is 7.05 Å². The molecule has 1 N–H and O–H groups in total. The minimum atomic E-state index is -0.803. The lowest BCUT2D eigenvalue weighted by atomic mass is 9.96. The average Bonchev–Trinajstić information content (AvgIpc) is 2.48. The van der Waals surface area contributed by atoms with Crippen LogP contribution in [0, 0.1) is 11.6 Å². The van der Waals surface area contributed by atoms with Crippen molar-refractivity contribution in [3.63, 3.8) is 0 Å². The van der Waals surface area contributed by atoms with Crippen molar-refractivity contribution < 1.29 is 8.78 Å². The van der Waals surface area contributed by atoms with Gasteiger partial charge in [-0.2, -0.15) is 0 Å². The summed E-state index contributed by atoms with van der Waals surface area (Å²) in [6, 6.07) is 12.4.